The Balaban J connectivity index is 1.62. The van der Waals surface area contributed by atoms with Crippen molar-refractivity contribution in [2.75, 3.05) is 11.6 Å². The Bertz CT molecular complexity index is 1910. The lowest BCUT2D eigenvalue weighted by atomic mass is 9.99. The second-order valence-electron chi connectivity index (χ2n) is 9.49. The third-order valence-corrected chi connectivity index (χ3v) is 7.13. The molecule has 0 saturated carbocycles. The highest BCUT2D eigenvalue weighted by atomic mass is 35.5. The number of aryl methyl sites for hydroxylation is 1. The SMILES string of the molecule is Cc1cc(C(C)Nc2ccc(Cl)nc2C(=O)NS(C)(=O)=O)c2oc(-c3cc4ccccc4[nH]3)c(C)c(=O)c2c1. The Kier molecular flexibility index (Phi) is 6.69. The molecule has 200 valence electrons. The van der Waals surface area contributed by atoms with Crippen LogP contribution >= 0.6 is 11.6 Å². The maximum Gasteiger partial charge on any atom is 0.285 e. The summed E-state index contributed by atoms with van der Waals surface area (Å²) in [7, 11) is -3.83. The van der Waals surface area contributed by atoms with E-state index in [4.69, 9.17) is 16.0 Å². The number of nitrogens with one attached hydrogen (secondary N) is 3. The standard InChI is InChI=1S/C28H25ClN4O5S/c1-14-11-18(16(3)30-21-9-10-23(29)32-24(21)28(35)33-39(4,36)37)27-19(12-14)25(34)15(2)26(38-27)22-13-17-7-5-6-8-20(17)31-22/h5-13,16,30-31H,1-4H3,(H,33,35). The molecular formula is C28H25ClN4O5S. The third-order valence-electron chi connectivity index (χ3n) is 6.36. The van der Waals surface area contributed by atoms with E-state index in [1.54, 1.807) is 13.0 Å². The highest BCUT2D eigenvalue weighted by Crippen LogP contribution is 2.33. The molecule has 1 unspecified atom stereocenters. The fraction of sp³-hybridized carbons (Fsp3) is 0.179. The van der Waals surface area contributed by atoms with Crippen LogP contribution in [0.4, 0.5) is 5.69 Å². The fourth-order valence-corrected chi connectivity index (χ4v) is 5.18. The number of sulfonamides is 1. The summed E-state index contributed by atoms with van der Waals surface area (Å²) in [4.78, 5) is 33.5. The quantitative estimate of drug-likeness (QED) is 0.233. The van der Waals surface area contributed by atoms with Crippen LogP contribution in [0.15, 0.2) is 63.8 Å². The first-order chi connectivity index (χ1) is 18.4. The number of pyridine rings is 1. The average Bonchev–Trinajstić information content (AvgIpc) is 3.30. The number of benzene rings is 2. The van der Waals surface area contributed by atoms with Gasteiger partial charge in [-0.25, -0.2) is 18.1 Å². The number of amides is 1. The number of nitrogens with zero attached hydrogens (tertiary/aromatic N) is 1. The van der Waals surface area contributed by atoms with Crippen molar-refractivity contribution >= 4 is 55.1 Å². The first-order valence-electron chi connectivity index (χ1n) is 12.0. The number of carbonyl (C=O) groups is 1. The molecule has 9 nitrogen and oxygen atoms in total. The van der Waals surface area contributed by atoms with Crippen LogP contribution in [-0.2, 0) is 10.0 Å². The van der Waals surface area contributed by atoms with Gasteiger partial charge in [0.05, 0.1) is 29.1 Å². The average molecular weight is 565 g/mol. The number of aromatic amines is 1. The Morgan fingerprint density at radius 3 is 2.56 bits per heavy atom. The molecular weight excluding hydrogens is 540 g/mol. The van der Waals surface area contributed by atoms with Crippen molar-refractivity contribution < 1.29 is 17.6 Å². The molecule has 39 heavy (non-hydrogen) atoms. The van der Waals surface area contributed by atoms with Crippen LogP contribution in [0, 0.1) is 13.8 Å². The molecule has 0 spiro atoms. The Morgan fingerprint density at radius 2 is 1.85 bits per heavy atom. The van der Waals surface area contributed by atoms with Crippen LogP contribution in [0.25, 0.3) is 33.3 Å². The molecule has 0 radical (unpaired) electrons. The largest absolute Gasteiger partial charge is 0.454 e. The van der Waals surface area contributed by atoms with Crippen LogP contribution < -0.4 is 15.5 Å². The summed E-state index contributed by atoms with van der Waals surface area (Å²) >= 11 is 6.00. The summed E-state index contributed by atoms with van der Waals surface area (Å²) in [5, 5.41) is 4.65. The molecule has 3 aromatic heterocycles. The number of carbonyl (C=O) groups excluding carboxylic acids is 1. The minimum atomic E-state index is -3.83. The molecule has 0 bridgehead atoms. The molecule has 0 aliphatic rings. The lowest BCUT2D eigenvalue weighted by molar-refractivity contribution is 0.0977. The molecule has 0 fully saturated rings. The summed E-state index contributed by atoms with van der Waals surface area (Å²) in [6.07, 6.45) is 0.874. The minimum Gasteiger partial charge on any atom is -0.454 e. The summed E-state index contributed by atoms with van der Waals surface area (Å²) < 4.78 is 31.6. The van der Waals surface area contributed by atoms with E-state index in [2.05, 4.69) is 15.3 Å². The predicted molar refractivity (Wildman–Crippen MR) is 153 cm³/mol. The van der Waals surface area contributed by atoms with Gasteiger partial charge in [0.15, 0.2) is 16.9 Å². The lowest BCUT2D eigenvalue weighted by Crippen LogP contribution is -2.31. The highest BCUT2D eigenvalue weighted by molar-refractivity contribution is 7.89. The van der Waals surface area contributed by atoms with Crippen molar-refractivity contribution in [2.45, 2.75) is 26.8 Å². The minimum absolute atomic E-state index is 0.0253. The van der Waals surface area contributed by atoms with Crippen molar-refractivity contribution in [1.82, 2.24) is 14.7 Å². The second kappa shape index (κ2) is 9.87. The number of para-hydroxylation sites is 1. The second-order valence-corrected chi connectivity index (χ2v) is 11.6. The first-order valence-corrected chi connectivity index (χ1v) is 14.3. The van der Waals surface area contributed by atoms with Gasteiger partial charge in [0.25, 0.3) is 5.91 Å². The summed E-state index contributed by atoms with van der Waals surface area (Å²) in [5.74, 6) is -0.491. The van der Waals surface area contributed by atoms with E-state index >= 15 is 0 Å². The van der Waals surface area contributed by atoms with Crippen LogP contribution in [0.3, 0.4) is 0 Å². The molecule has 2 aromatic carbocycles. The topological polar surface area (TPSA) is 134 Å². The Labute approximate surface area is 229 Å². The summed E-state index contributed by atoms with van der Waals surface area (Å²) in [5.41, 5.74) is 3.92. The van der Waals surface area contributed by atoms with Crippen molar-refractivity contribution in [3.8, 4) is 11.5 Å². The van der Waals surface area contributed by atoms with Gasteiger partial charge in [0.1, 0.15) is 10.7 Å². The van der Waals surface area contributed by atoms with Gasteiger partial charge in [-0.15, -0.1) is 0 Å². The number of rotatable bonds is 6. The van der Waals surface area contributed by atoms with Crippen molar-refractivity contribution in [3.63, 3.8) is 0 Å². The van der Waals surface area contributed by atoms with E-state index < -0.39 is 22.0 Å². The normalized spacial score (nSPS) is 12.5. The molecule has 5 aromatic rings. The molecule has 1 atom stereocenters. The van der Waals surface area contributed by atoms with Gasteiger partial charge in [-0.2, -0.15) is 0 Å². The van der Waals surface area contributed by atoms with Crippen LogP contribution in [-0.4, -0.2) is 30.5 Å². The Hall–Kier alpha value is -4.15. The molecule has 0 aliphatic carbocycles. The van der Waals surface area contributed by atoms with Crippen molar-refractivity contribution in [2.24, 2.45) is 0 Å². The van der Waals surface area contributed by atoms with E-state index in [0.717, 1.165) is 22.7 Å². The van der Waals surface area contributed by atoms with Gasteiger partial charge in [-0.3, -0.25) is 9.59 Å². The summed E-state index contributed by atoms with van der Waals surface area (Å²) in [6.45, 7) is 5.45. The third kappa shape index (κ3) is 5.25. The van der Waals surface area contributed by atoms with Crippen molar-refractivity contribution in [3.05, 3.63) is 92.4 Å². The number of fused-ring (bicyclic) bond motifs is 2. The highest BCUT2D eigenvalue weighted by Gasteiger charge is 2.23. The van der Waals surface area contributed by atoms with E-state index in [-0.39, 0.29) is 22.0 Å². The van der Waals surface area contributed by atoms with Gasteiger partial charge in [-0.05, 0) is 56.7 Å². The molecule has 0 saturated heterocycles. The number of hydrogen-bond acceptors (Lipinski definition) is 7. The van der Waals surface area contributed by atoms with Crippen LogP contribution in [0.2, 0.25) is 5.15 Å². The van der Waals surface area contributed by atoms with Gasteiger partial charge in [0.2, 0.25) is 10.0 Å². The number of halogens is 1. The van der Waals surface area contributed by atoms with Crippen LogP contribution in [0.5, 0.6) is 0 Å². The predicted octanol–water partition coefficient (Wildman–Crippen LogP) is 5.47. The monoisotopic (exact) mass is 564 g/mol. The Morgan fingerprint density at radius 1 is 1.10 bits per heavy atom. The van der Waals surface area contributed by atoms with Gasteiger partial charge >= 0.3 is 0 Å². The molecule has 5 rings (SSSR count). The van der Waals surface area contributed by atoms with Crippen molar-refractivity contribution in [1.29, 1.82) is 0 Å². The van der Waals surface area contributed by atoms with Gasteiger partial charge < -0.3 is 14.7 Å². The zero-order valence-corrected chi connectivity index (χ0v) is 23.1. The molecule has 3 heterocycles. The number of aromatic nitrogens is 2. The number of anilines is 1. The molecule has 0 aliphatic heterocycles. The maximum atomic E-state index is 13.5. The van der Waals surface area contributed by atoms with Gasteiger partial charge in [-0.1, -0.05) is 35.9 Å². The van der Waals surface area contributed by atoms with E-state index in [1.165, 1.54) is 12.1 Å². The van der Waals surface area contributed by atoms with E-state index in [0.29, 0.717) is 33.6 Å². The van der Waals surface area contributed by atoms with Gasteiger partial charge in [0, 0.05) is 22.0 Å². The smallest absolute Gasteiger partial charge is 0.285 e. The maximum absolute atomic E-state index is 13.5. The fourth-order valence-electron chi connectivity index (χ4n) is 4.59. The molecule has 11 heteroatoms. The zero-order chi connectivity index (χ0) is 28.1. The summed E-state index contributed by atoms with van der Waals surface area (Å²) in [6, 6.07) is 15.9. The van der Waals surface area contributed by atoms with Crippen LogP contribution in [0.1, 0.15) is 40.1 Å². The molecule has 1 amide bonds. The lowest BCUT2D eigenvalue weighted by Gasteiger charge is -2.20. The van der Waals surface area contributed by atoms with E-state index in [1.807, 2.05) is 55.0 Å². The molecule has 3 N–H and O–H groups in total. The zero-order valence-electron chi connectivity index (χ0n) is 21.5. The number of H-pyrrole nitrogens is 1. The number of hydrogen-bond donors (Lipinski definition) is 3. The van der Waals surface area contributed by atoms with E-state index in [9.17, 15) is 18.0 Å². The first kappa shape index (κ1) is 26.5.